The number of halogens is 1. The average molecular weight is 533 g/mol. The van der Waals surface area contributed by atoms with Crippen molar-refractivity contribution in [2.45, 2.75) is 43.5 Å². The van der Waals surface area contributed by atoms with Gasteiger partial charge < -0.3 is 14.2 Å². The molecule has 1 aromatic rings. The lowest BCUT2D eigenvalue weighted by atomic mass is 10.1. The van der Waals surface area contributed by atoms with Crippen LogP contribution in [0.5, 0.6) is 5.75 Å². The number of carbonyl (C=O) groups is 2. The monoisotopic (exact) mass is 532 g/mol. The maximum absolute atomic E-state index is 13.6. The molecule has 14 heteroatoms. The second-order valence-electron chi connectivity index (χ2n) is 8.65. The van der Waals surface area contributed by atoms with Crippen molar-refractivity contribution in [3.63, 3.8) is 0 Å². The fraction of sp³-hybridized carbons (Fsp3) is 0.619. The van der Waals surface area contributed by atoms with Crippen LogP contribution < -0.4 is 10.2 Å². The van der Waals surface area contributed by atoms with Crippen molar-refractivity contribution < 1.29 is 37.4 Å². The van der Waals surface area contributed by atoms with Gasteiger partial charge in [0.2, 0.25) is 0 Å². The van der Waals surface area contributed by atoms with Crippen LogP contribution in [0.25, 0.3) is 0 Å². The topological polar surface area (TPSA) is 138 Å². The highest BCUT2D eigenvalue weighted by Crippen LogP contribution is 2.37. The van der Waals surface area contributed by atoms with Gasteiger partial charge in [-0.05, 0) is 43.5 Å². The average Bonchev–Trinajstić information content (AvgIpc) is 3.43. The Morgan fingerprint density at radius 1 is 1.14 bits per heavy atom. The molecule has 0 spiro atoms. The smallest absolute Gasteiger partial charge is 0.410 e. The number of amides is 2. The molecule has 1 unspecified atom stereocenters. The molecule has 3 aliphatic rings. The van der Waals surface area contributed by atoms with Crippen LogP contribution in [0.4, 0.5) is 4.79 Å². The minimum atomic E-state index is -4.10. The molecule has 1 aromatic carbocycles. The van der Waals surface area contributed by atoms with Gasteiger partial charge in [-0.2, -0.15) is 17.0 Å². The first-order chi connectivity index (χ1) is 16.8. The SMILES string of the molecule is COCCOC(=O)N1[C@@H]2CC[C@H]1[C@H](C(=O)NO)N(S(=O)(=O)N1CCC(Oc3ccc(Cl)cc3)C1)C2. The van der Waals surface area contributed by atoms with Gasteiger partial charge in [0.25, 0.3) is 16.1 Å². The molecule has 0 saturated carbocycles. The van der Waals surface area contributed by atoms with Crippen molar-refractivity contribution in [1.29, 1.82) is 0 Å². The van der Waals surface area contributed by atoms with Crippen molar-refractivity contribution in [2.24, 2.45) is 0 Å². The maximum Gasteiger partial charge on any atom is 0.410 e. The number of hydroxylamine groups is 1. The largest absolute Gasteiger partial charge is 0.489 e. The van der Waals surface area contributed by atoms with Gasteiger partial charge in [-0.15, -0.1) is 0 Å². The summed E-state index contributed by atoms with van der Waals surface area (Å²) in [5.74, 6) is -0.323. The molecule has 35 heavy (non-hydrogen) atoms. The summed E-state index contributed by atoms with van der Waals surface area (Å²) in [6, 6.07) is 4.29. The fourth-order valence-corrected chi connectivity index (χ4v) is 6.95. The van der Waals surface area contributed by atoms with E-state index in [9.17, 15) is 23.2 Å². The molecule has 3 aliphatic heterocycles. The van der Waals surface area contributed by atoms with E-state index >= 15 is 0 Å². The summed E-state index contributed by atoms with van der Waals surface area (Å²) < 4.78 is 45.7. The zero-order valence-electron chi connectivity index (χ0n) is 19.2. The Hall–Kier alpha value is -2.16. The van der Waals surface area contributed by atoms with E-state index in [1.165, 1.54) is 16.3 Å². The summed E-state index contributed by atoms with van der Waals surface area (Å²) in [5.41, 5.74) is 1.57. The van der Waals surface area contributed by atoms with Crippen LogP contribution in [-0.4, -0.2) is 103 Å². The van der Waals surface area contributed by atoms with Gasteiger partial charge in [-0.25, -0.2) is 10.3 Å². The van der Waals surface area contributed by atoms with E-state index in [1.807, 2.05) is 0 Å². The maximum atomic E-state index is 13.6. The van der Waals surface area contributed by atoms with Crippen molar-refractivity contribution in [3.05, 3.63) is 29.3 Å². The number of hydrogen-bond acceptors (Lipinski definition) is 8. The van der Waals surface area contributed by atoms with E-state index in [2.05, 4.69) is 0 Å². The minimum Gasteiger partial charge on any atom is -0.489 e. The van der Waals surface area contributed by atoms with Gasteiger partial charge in [0.1, 0.15) is 24.5 Å². The van der Waals surface area contributed by atoms with Crippen molar-refractivity contribution in [3.8, 4) is 5.75 Å². The van der Waals surface area contributed by atoms with E-state index in [-0.39, 0.29) is 39.0 Å². The molecule has 2 bridgehead atoms. The molecule has 0 aliphatic carbocycles. The van der Waals surface area contributed by atoms with Gasteiger partial charge in [0.05, 0.1) is 19.2 Å². The number of nitrogens with one attached hydrogen (secondary N) is 1. The van der Waals surface area contributed by atoms with Gasteiger partial charge in [-0.1, -0.05) is 11.6 Å². The second kappa shape index (κ2) is 10.8. The first kappa shape index (κ1) is 25.9. The third kappa shape index (κ3) is 5.34. The molecule has 4 atom stereocenters. The van der Waals surface area contributed by atoms with E-state index in [0.29, 0.717) is 30.0 Å². The number of ether oxygens (including phenoxy) is 3. The normalized spacial score (nSPS) is 27.1. The van der Waals surface area contributed by atoms with Crippen LogP contribution in [-0.2, 0) is 24.5 Å². The first-order valence-electron chi connectivity index (χ1n) is 11.3. The van der Waals surface area contributed by atoms with Crippen molar-refractivity contribution in [1.82, 2.24) is 19.0 Å². The van der Waals surface area contributed by atoms with E-state index in [1.54, 1.807) is 29.7 Å². The van der Waals surface area contributed by atoms with E-state index in [0.717, 1.165) is 4.31 Å². The number of hydrogen-bond donors (Lipinski definition) is 2. The fourth-order valence-electron chi connectivity index (χ4n) is 4.95. The Morgan fingerprint density at radius 3 is 2.57 bits per heavy atom. The molecular formula is C21H29ClN4O8S. The second-order valence-corrected chi connectivity index (χ2v) is 11.0. The molecule has 2 N–H and O–H groups in total. The van der Waals surface area contributed by atoms with Crippen LogP contribution in [0.15, 0.2) is 24.3 Å². The molecule has 0 aromatic heterocycles. The minimum absolute atomic E-state index is 0.0347. The lowest BCUT2D eigenvalue weighted by Crippen LogP contribution is -2.67. The number of rotatable bonds is 8. The Kier molecular flexibility index (Phi) is 8.03. The summed E-state index contributed by atoms with van der Waals surface area (Å²) in [5, 5.41) is 9.94. The summed E-state index contributed by atoms with van der Waals surface area (Å²) in [7, 11) is -2.62. The van der Waals surface area contributed by atoms with Crippen LogP contribution in [0.2, 0.25) is 5.02 Å². The molecular weight excluding hydrogens is 504 g/mol. The standard InChI is InChI=1S/C21H29ClN4O8S/c1-32-10-11-33-21(28)26-15-4-7-18(26)19(20(27)23-29)25(12-15)35(30,31)24-9-8-17(13-24)34-16-5-2-14(22)3-6-16/h2-3,5-6,15,17-19,29H,4,7-13H2,1H3,(H,23,27)/t15-,17?,18+,19-/m1/s1. The highest BCUT2D eigenvalue weighted by molar-refractivity contribution is 7.86. The highest BCUT2D eigenvalue weighted by atomic mass is 35.5. The number of nitrogens with zero attached hydrogens (tertiary/aromatic N) is 3. The summed E-state index contributed by atoms with van der Waals surface area (Å²) >= 11 is 5.90. The molecule has 0 radical (unpaired) electrons. The van der Waals surface area contributed by atoms with Gasteiger partial charge in [-0.3, -0.25) is 14.9 Å². The van der Waals surface area contributed by atoms with Crippen LogP contribution >= 0.6 is 11.6 Å². The quantitative estimate of drug-likeness (QED) is 0.285. The Balaban J connectivity index is 1.49. The molecule has 3 fully saturated rings. The summed E-state index contributed by atoms with van der Waals surface area (Å²) in [4.78, 5) is 26.8. The predicted octanol–water partition coefficient (Wildman–Crippen LogP) is 0.844. The van der Waals surface area contributed by atoms with Crippen molar-refractivity contribution >= 4 is 33.8 Å². The summed E-state index contributed by atoms with van der Waals surface area (Å²) in [6.07, 6.45) is 0.367. The Bertz CT molecular complexity index is 1030. The third-order valence-electron chi connectivity index (χ3n) is 6.56. The number of fused-ring (bicyclic) bond motifs is 2. The van der Waals surface area contributed by atoms with E-state index in [4.69, 9.17) is 25.8 Å². The molecule has 2 amide bonds. The van der Waals surface area contributed by atoms with Gasteiger partial charge >= 0.3 is 6.09 Å². The Morgan fingerprint density at radius 2 is 1.89 bits per heavy atom. The van der Waals surface area contributed by atoms with Crippen molar-refractivity contribution in [2.75, 3.05) is 40.0 Å². The highest BCUT2D eigenvalue weighted by Gasteiger charge is 2.56. The number of piperazine rings is 1. The molecule has 4 rings (SSSR count). The molecule has 194 valence electrons. The molecule has 3 heterocycles. The Labute approximate surface area is 208 Å². The molecule has 12 nitrogen and oxygen atoms in total. The first-order valence-corrected chi connectivity index (χ1v) is 13.1. The van der Waals surface area contributed by atoms with Gasteiger partial charge in [0, 0.05) is 31.3 Å². The lowest BCUT2D eigenvalue weighted by Gasteiger charge is -2.45. The zero-order chi connectivity index (χ0) is 25.2. The van der Waals surface area contributed by atoms with Gasteiger partial charge in [0.15, 0.2) is 0 Å². The lowest BCUT2D eigenvalue weighted by molar-refractivity contribution is -0.136. The van der Waals surface area contributed by atoms with Crippen LogP contribution in [0.1, 0.15) is 19.3 Å². The molecule has 3 saturated heterocycles. The van der Waals surface area contributed by atoms with E-state index < -0.39 is 40.3 Å². The zero-order valence-corrected chi connectivity index (χ0v) is 20.8. The third-order valence-corrected chi connectivity index (χ3v) is 8.77. The predicted molar refractivity (Wildman–Crippen MR) is 123 cm³/mol. The van der Waals surface area contributed by atoms with Crippen LogP contribution in [0.3, 0.4) is 0 Å². The summed E-state index contributed by atoms with van der Waals surface area (Å²) in [6.45, 7) is 0.475. The number of benzene rings is 1. The van der Waals surface area contributed by atoms with Crippen LogP contribution in [0, 0.1) is 0 Å². The number of methoxy groups -OCH3 is 1. The number of carbonyl (C=O) groups excluding carboxylic acids is 2.